The SMILES string of the molecule is CN1CCN(C(=O)c2ccc(NC(=O)C3CC3)c(Cl)c2N2CCCC2)[C@@H](c2ccccc2)C1. The zero-order valence-electron chi connectivity index (χ0n) is 19.1. The summed E-state index contributed by atoms with van der Waals surface area (Å²) in [6, 6.07) is 13.9. The van der Waals surface area contributed by atoms with Crippen LogP contribution < -0.4 is 10.2 Å². The topological polar surface area (TPSA) is 55.9 Å². The summed E-state index contributed by atoms with van der Waals surface area (Å²) in [6.07, 6.45) is 4.01. The van der Waals surface area contributed by atoms with Crippen molar-refractivity contribution in [2.45, 2.75) is 31.7 Å². The lowest BCUT2D eigenvalue weighted by Gasteiger charge is -2.41. The zero-order chi connectivity index (χ0) is 22.9. The summed E-state index contributed by atoms with van der Waals surface area (Å²) in [6.45, 7) is 4.01. The first-order chi connectivity index (χ1) is 16.0. The van der Waals surface area contributed by atoms with Gasteiger partial charge in [0.15, 0.2) is 0 Å². The van der Waals surface area contributed by atoms with E-state index in [-0.39, 0.29) is 23.8 Å². The molecule has 3 fully saturated rings. The van der Waals surface area contributed by atoms with E-state index in [0.29, 0.717) is 22.8 Å². The molecule has 0 radical (unpaired) electrons. The van der Waals surface area contributed by atoms with Crippen molar-refractivity contribution in [2.24, 2.45) is 5.92 Å². The Balaban J connectivity index is 1.50. The van der Waals surface area contributed by atoms with Gasteiger partial charge in [-0.1, -0.05) is 41.9 Å². The number of benzene rings is 2. The summed E-state index contributed by atoms with van der Waals surface area (Å²) in [4.78, 5) is 32.9. The molecule has 2 aliphatic heterocycles. The van der Waals surface area contributed by atoms with E-state index >= 15 is 0 Å². The number of likely N-dealkylation sites (N-methyl/N-ethyl adjacent to an activating group) is 1. The number of hydrogen-bond donors (Lipinski definition) is 1. The summed E-state index contributed by atoms with van der Waals surface area (Å²) < 4.78 is 0. The third-order valence-corrected chi connectivity index (χ3v) is 7.39. The highest BCUT2D eigenvalue weighted by molar-refractivity contribution is 6.37. The highest BCUT2D eigenvalue weighted by Gasteiger charge is 2.35. The van der Waals surface area contributed by atoms with E-state index < -0.39 is 0 Å². The number of piperazine rings is 1. The molecule has 174 valence electrons. The fraction of sp³-hybridized carbons (Fsp3) is 0.462. The molecule has 3 aliphatic rings. The first kappa shape index (κ1) is 22.2. The minimum Gasteiger partial charge on any atom is -0.370 e. The van der Waals surface area contributed by atoms with Crippen molar-refractivity contribution < 1.29 is 9.59 Å². The molecule has 2 amide bonds. The Morgan fingerprint density at radius 1 is 0.970 bits per heavy atom. The summed E-state index contributed by atoms with van der Waals surface area (Å²) in [5, 5.41) is 3.47. The van der Waals surface area contributed by atoms with Crippen molar-refractivity contribution in [1.29, 1.82) is 0 Å². The Morgan fingerprint density at radius 3 is 2.39 bits per heavy atom. The minimum atomic E-state index is -0.0168. The van der Waals surface area contributed by atoms with Gasteiger partial charge in [-0.3, -0.25) is 9.59 Å². The lowest BCUT2D eigenvalue weighted by molar-refractivity contribution is -0.117. The maximum absolute atomic E-state index is 14.0. The average Bonchev–Trinajstić information content (AvgIpc) is 3.55. The fourth-order valence-corrected chi connectivity index (χ4v) is 5.27. The molecule has 2 saturated heterocycles. The molecule has 0 bridgehead atoms. The van der Waals surface area contributed by atoms with Crippen LogP contribution in [0.1, 0.15) is 47.6 Å². The second-order valence-electron chi connectivity index (χ2n) is 9.47. The standard InChI is InChI=1S/C26H31ClN4O2/c1-29-15-16-31(22(17-29)18-7-3-2-4-8-18)26(33)20-11-12-21(28-25(32)19-9-10-19)23(27)24(20)30-13-5-6-14-30/h2-4,7-8,11-12,19,22H,5-6,9-10,13-17H2,1H3,(H,28,32)/t22-/m1/s1. The Hall–Kier alpha value is -2.57. The summed E-state index contributed by atoms with van der Waals surface area (Å²) >= 11 is 6.89. The molecule has 2 heterocycles. The minimum absolute atomic E-state index is 0.000762. The zero-order valence-corrected chi connectivity index (χ0v) is 19.9. The maximum Gasteiger partial charge on any atom is 0.256 e. The molecule has 1 saturated carbocycles. The van der Waals surface area contributed by atoms with Crippen molar-refractivity contribution >= 4 is 34.8 Å². The summed E-state index contributed by atoms with van der Waals surface area (Å²) in [7, 11) is 2.10. The highest BCUT2D eigenvalue weighted by atomic mass is 35.5. The van der Waals surface area contributed by atoms with Crippen LogP contribution in [-0.2, 0) is 4.79 Å². The molecule has 2 aromatic rings. The number of nitrogens with zero attached hydrogens (tertiary/aromatic N) is 3. The van der Waals surface area contributed by atoms with E-state index in [1.807, 2.05) is 29.2 Å². The normalized spacial score (nSPS) is 21.3. The van der Waals surface area contributed by atoms with E-state index in [4.69, 9.17) is 11.6 Å². The van der Waals surface area contributed by atoms with Gasteiger partial charge in [0.05, 0.1) is 28.0 Å². The molecule has 33 heavy (non-hydrogen) atoms. The Kier molecular flexibility index (Phi) is 6.30. The van der Waals surface area contributed by atoms with Crippen LogP contribution in [0, 0.1) is 5.92 Å². The monoisotopic (exact) mass is 466 g/mol. The third kappa shape index (κ3) is 4.59. The number of halogens is 1. The lowest BCUT2D eigenvalue weighted by Crippen LogP contribution is -2.49. The van der Waals surface area contributed by atoms with Crippen LogP contribution in [0.4, 0.5) is 11.4 Å². The Bertz CT molecular complexity index is 1030. The molecule has 0 spiro atoms. The van der Waals surface area contributed by atoms with Crippen LogP contribution in [0.3, 0.4) is 0 Å². The first-order valence-electron chi connectivity index (χ1n) is 12.0. The van der Waals surface area contributed by atoms with Gasteiger partial charge in [-0.15, -0.1) is 0 Å². The number of hydrogen-bond acceptors (Lipinski definition) is 4. The predicted molar refractivity (Wildman–Crippen MR) is 132 cm³/mol. The van der Waals surface area contributed by atoms with Crippen molar-refractivity contribution in [3.05, 3.63) is 58.6 Å². The quantitative estimate of drug-likeness (QED) is 0.708. The number of carbonyl (C=O) groups excluding carboxylic acids is 2. The van der Waals surface area contributed by atoms with Crippen molar-refractivity contribution in [3.63, 3.8) is 0 Å². The van der Waals surface area contributed by atoms with Crippen LogP contribution in [0.15, 0.2) is 42.5 Å². The summed E-state index contributed by atoms with van der Waals surface area (Å²) in [5.74, 6) is 0.113. The van der Waals surface area contributed by atoms with Crippen LogP contribution in [0.5, 0.6) is 0 Å². The van der Waals surface area contributed by atoms with Gasteiger partial charge in [-0.05, 0) is 50.4 Å². The van der Waals surface area contributed by atoms with E-state index in [1.165, 1.54) is 0 Å². The number of carbonyl (C=O) groups is 2. The van der Waals surface area contributed by atoms with Gasteiger partial charge in [0, 0.05) is 38.6 Å². The molecule has 5 rings (SSSR count). The molecule has 0 unspecified atom stereocenters. The van der Waals surface area contributed by atoms with Gasteiger partial charge in [-0.25, -0.2) is 0 Å². The highest BCUT2D eigenvalue weighted by Crippen LogP contribution is 2.40. The first-order valence-corrected chi connectivity index (χ1v) is 12.3. The molecule has 1 N–H and O–H groups in total. The van der Waals surface area contributed by atoms with Crippen molar-refractivity contribution in [3.8, 4) is 0 Å². The predicted octanol–water partition coefficient (Wildman–Crippen LogP) is 4.42. The van der Waals surface area contributed by atoms with Gasteiger partial charge in [0.1, 0.15) is 0 Å². The third-order valence-electron chi connectivity index (χ3n) is 7.00. The molecule has 6 nitrogen and oxygen atoms in total. The second-order valence-corrected chi connectivity index (χ2v) is 9.85. The molecular formula is C26H31ClN4O2. The van der Waals surface area contributed by atoms with E-state index in [2.05, 4.69) is 34.3 Å². The van der Waals surface area contributed by atoms with E-state index in [1.54, 1.807) is 6.07 Å². The van der Waals surface area contributed by atoms with Crippen molar-refractivity contribution in [2.75, 3.05) is 50.0 Å². The molecule has 2 aromatic carbocycles. The fourth-order valence-electron chi connectivity index (χ4n) is 4.94. The number of rotatable bonds is 5. The Labute approximate surface area is 200 Å². The van der Waals surface area contributed by atoms with Gasteiger partial charge in [0.2, 0.25) is 5.91 Å². The smallest absolute Gasteiger partial charge is 0.256 e. The molecular weight excluding hydrogens is 436 g/mol. The molecule has 1 aliphatic carbocycles. The van der Waals surface area contributed by atoms with Crippen LogP contribution >= 0.6 is 11.6 Å². The lowest BCUT2D eigenvalue weighted by atomic mass is 10.0. The molecule has 1 atom stereocenters. The second kappa shape index (κ2) is 9.35. The van der Waals surface area contributed by atoms with Crippen LogP contribution in [0.25, 0.3) is 0 Å². The Morgan fingerprint density at radius 2 is 1.70 bits per heavy atom. The van der Waals surface area contributed by atoms with Crippen LogP contribution in [-0.4, -0.2) is 61.4 Å². The van der Waals surface area contributed by atoms with Gasteiger partial charge < -0.3 is 20.0 Å². The summed E-state index contributed by atoms with van der Waals surface area (Å²) in [5.41, 5.74) is 3.12. The average molecular weight is 467 g/mol. The van der Waals surface area contributed by atoms with E-state index in [0.717, 1.165) is 63.1 Å². The maximum atomic E-state index is 14.0. The van der Waals surface area contributed by atoms with Gasteiger partial charge >= 0.3 is 0 Å². The van der Waals surface area contributed by atoms with Crippen molar-refractivity contribution in [1.82, 2.24) is 9.80 Å². The van der Waals surface area contributed by atoms with E-state index in [9.17, 15) is 9.59 Å². The van der Waals surface area contributed by atoms with Gasteiger partial charge in [-0.2, -0.15) is 0 Å². The number of amides is 2. The largest absolute Gasteiger partial charge is 0.370 e. The molecule has 0 aromatic heterocycles. The number of anilines is 2. The van der Waals surface area contributed by atoms with Gasteiger partial charge in [0.25, 0.3) is 5.91 Å². The number of nitrogens with one attached hydrogen (secondary N) is 1. The van der Waals surface area contributed by atoms with Crippen LogP contribution in [0.2, 0.25) is 5.02 Å². The molecule has 7 heteroatoms.